The molecule has 6 nitrogen and oxygen atoms in total. The predicted molar refractivity (Wildman–Crippen MR) is 157 cm³/mol. The van der Waals surface area contributed by atoms with Crippen LogP contribution in [0.1, 0.15) is 49.6 Å². The Bertz CT molecular complexity index is 1410. The number of allylic oxidation sites excluding steroid dienone is 3. The summed E-state index contributed by atoms with van der Waals surface area (Å²) in [7, 11) is 2.57. The van der Waals surface area contributed by atoms with Gasteiger partial charge in [-0.25, -0.2) is 4.98 Å². The van der Waals surface area contributed by atoms with E-state index < -0.39 is 11.9 Å². The zero-order valence-corrected chi connectivity index (χ0v) is 24.7. The molecule has 1 fully saturated rings. The van der Waals surface area contributed by atoms with Gasteiger partial charge in [0.05, 0.1) is 21.3 Å². The molecule has 2 aromatic heterocycles. The number of pyridine rings is 1. The van der Waals surface area contributed by atoms with Crippen LogP contribution in [-0.4, -0.2) is 35.9 Å². The molecule has 0 amide bonds. The molecule has 0 spiro atoms. The van der Waals surface area contributed by atoms with Crippen molar-refractivity contribution in [3.63, 3.8) is 0 Å². The predicted octanol–water partition coefficient (Wildman–Crippen LogP) is 8.64. The minimum atomic E-state index is -4.70. The topological polar surface area (TPSA) is 71.6 Å². The van der Waals surface area contributed by atoms with E-state index in [4.69, 9.17) is 37.6 Å². The van der Waals surface area contributed by atoms with Gasteiger partial charge < -0.3 is 19.3 Å². The van der Waals surface area contributed by atoms with Crippen LogP contribution in [0.2, 0.25) is 10.0 Å². The molecule has 11 heteroatoms. The third-order valence-electron chi connectivity index (χ3n) is 6.17. The SMILES string of the molecule is C=C/C(=C\C=C(C)C)CN(C)c1ccc(OCc2c(-c3c(Cl)cccc3Cl)noc2C2CC2)nc1C(F)(F)F.CO. The van der Waals surface area contributed by atoms with Crippen molar-refractivity contribution in [1.82, 2.24) is 10.1 Å². The number of benzene rings is 1. The van der Waals surface area contributed by atoms with Gasteiger partial charge in [0, 0.05) is 38.2 Å². The van der Waals surface area contributed by atoms with Crippen LogP contribution in [0.15, 0.2) is 70.8 Å². The summed E-state index contributed by atoms with van der Waals surface area (Å²) in [6, 6.07) is 7.84. The molecule has 1 aliphatic carbocycles. The molecule has 0 saturated heterocycles. The maximum atomic E-state index is 14.1. The van der Waals surface area contributed by atoms with Gasteiger partial charge in [-0.3, -0.25) is 0 Å². The van der Waals surface area contributed by atoms with Crippen molar-refractivity contribution in [3.05, 3.63) is 93.3 Å². The smallest absolute Gasteiger partial charge is 0.435 e. The number of aliphatic hydroxyl groups is 1. The first-order chi connectivity index (χ1) is 19.5. The molecule has 220 valence electrons. The Balaban J connectivity index is 0.00000226. The summed E-state index contributed by atoms with van der Waals surface area (Å²) in [5, 5.41) is 11.9. The third-order valence-corrected chi connectivity index (χ3v) is 6.80. The van der Waals surface area contributed by atoms with Crippen LogP contribution in [0.5, 0.6) is 5.88 Å². The molecule has 1 N–H and O–H groups in total. The number of halogens is 5. The quantitative estimate of drug-likeness (QED) is 0.232. The zero-order valence-electron chi connectivity index (χ0n) is 23.2. The van der Waals surface area contributed by atoms with Gasteiger partial charge in [-0.05, 0) is 50.5 Å². The van der Waals surface area contributed by atoms with Crippen molar-refractivity contribution >= 4 is 28.9 Å². The third kappa shape index (κ3) is 8.15. The van der Waals surface area contributed by atoms with Gasteiger partial charge in [-0.1, -0.05) is 64.8 Å². The summed E-state index contributed by atoms with van der Waals surface area (Å²) in [4.78, 5) is 5.33. The molecule has 0 aliphatic heterocycles. The summed E-state index contributed by atoms with van der Waals surface area (Å²) in [5.74, 6) is 0.607. The Morgan fingerprint density at radius 2 is 1.80 bits per heavy atom. The number of hydrogen-bond donors (Lipinski definition) is 1. The normalized spacial score (nSPS) is 13.3. The number of hydrogen-bond acceptors (Lipinski definition) is 6. The van der Waals surface area contributed by atoms with Crippen LogP contribution in [-0.2, 0) is 12.8 Å². The Morgan fingerprint density at radius 3 is 2.37 bits per heavy atom. The van der Waals surface area contributed by atoms with E-state index in [0.29, 0.717) is 32.6 Å². The van der Waals surface area contributed by atoms with Gasteiger partial charge in [-0.2, -0.15) is 13.2 Å². The fourth-order valence-electron chi connectivity index (χ4n) is 4.04. The lowest BCUT2D eigenvalue weighted by atomic mass is 10.0. The van der Waals surface area contributed by atoms with Gasteiger partial charge in [0.2, 0.25) is 5.88 Å². The number of aromatic nitrogens is 2. The molecule has 1 saturated carbocycles. The lowest BCUT2D eigenvalue weighted by Crippen LogP contribution is -2.24. The lowest BCUT2D eigenvalue weighted by Gasteiger charge is -2.23. The van der Waals surface area contributed by atoms with Crippen molar-refractivity contribution in [2.75, 3.05) is 25.6 Å². The van der Waals surface area contributed by atoms with E-state index in [1.165, 1.54) is 17.0 Å². The maximum absolute atomic E-state index is 14.1. The van der Waals surface area contributed by atoms with Crippen LogP contribution in [0, 0.1) is 0 Å². The van der Waals surface area contributed by atoms with Gasteiger partial charge in [0.1, 0.15) is 18.1 Å². The fraction of sp³-hybridized carbons (Fsp3) is 0.333. The van der Waals surface area contributed by atoms with Crippen molar-refractivity contribution in [3.8, 4) is 17.1 Å². The van der Waals surface area contributed by atoms with Crippen LogP contribution >= 0.6 is 23.2 Å². The first-order valence-electron chi connectivity index (χ1n) is 12.8. The summed E-state index contributed by atoms with van der Waals surface area (Å²) in [6.45, 7) is 7.74. The van der Waals surface area contributed by atoms with Crippen LogP contribution in [0.25, 0.3) is 11.3 Å². The van der Waals surface area contributed by atoms with Crippen molar-refractivity contribution in [2.45, 2.75) is 45.4 Å². The summed E-state index contributed by atoms with van der Waals surface area (Å²) in [6.07, 6.45) is 2.47. The first-order valence-corrected chi connectivity index (χ1v) is 13.5. The van der Waals surface area contributed by atoms with E-state index in [2.05, 4.69) is 16.7 Å². The number of ether oxygens (including phenoxy) is 1. The maximum Gasteiger partial charge on any atom is 0.435 e. The van der Waals surface area contributed by atoms with Gasteiger partial charge in [0.15, 0.2) is 5.69 Å². The Kier molecular flexibility index (Phi) is 11.1. The second-order valence-electron chi connectivity index (χ2n) is 9.59. The van der Waals surface area contributed by atoms with Crippen LogP contribution < -0.4 is 9.64 Å². The number of alkyl halides is 3. The highest BCUT2D eigenvalue weighted by Gasteiger charge is 2.38. The Labute approximate surface area is 247 Å². The summed E-state index contributed by atoms with van der Waals surface area (Å²) >= 11 is 12.8. The number of likely N-dealkylation sites (N-methyl/N-ethyl adjacent to an activating group) is 1. The van der Waals surface area contributed by atoms with E-state index in [9.17, 15) is 13.2 Å². The molecule has 0 bridgehead atoms. The first kappa shape index (κ1) is 32.2. The van der Waals surface area contributed by atoms with Crippen molar-refractivity contribution in [1.29, 1.82) is 0 Å². The zero-order chi connectivity index (χ0) is 30.3. The largest absolute Gasteiger partial charge is 0.473 e. The number of aliphatic hydroxyl groups excluding tert-OH is 1. The highest BCUT2D eigenvalue weighted by molar-refractivity contribution is 6.39. The highest BCUT2D eigenvalue weighted by atomic mass is 35.5. The highest BCUT2D eigenvalue weighted by Crippen LogP contribution is 2.46. The van der Waals surface area contributed by atoms with Crippen LogP contribution in [0.3, 0.4) is 0 Å². The van der Waals surface area contributed by atoms with Crippen molar-refractivity contribution < 1.29 is 27.5 Å². The molecule has 3 aromatic rings. The molecular weight excluding hydrogens is 578 g/mol. The second kappa shape index (κ2) is 14.1. The summed E-state index contributed by atoms with van der Waals surface area (Å²) in [5.41, 5.74) is 2.17. The van der Waals surface area contributed by atoms with Crippen LogP contribution in [0.4, 0.5) is 18.9 Å². The Morgan fingerprint density at radius 1 is 1.15 bits per heavy atom. The molecular formula is C30H32Cl2F3N3O3. The van der Waals surface area contributed by atoms with Gasteiger partial charge >= 0.3 is 6.18 Å². The van der Waals surface area contributed by atoms with E-state index in [0.717, 1.165) is 31.1 Å². The molecule has 0 radical (unpaired) electrons. The average molecular weight is 611 g/mol. The lowest BCUT2D eigenvalue weighted by molar-refractivity contribution is -0.140. The molecule has 41 heavy (non-hydrogen) atoms. The standard InChI is InChI=1S/C29H28Cl2F3N3O2.CH4O/c1-5-18(10-9-17(2)3)15-37(4)23-13-14-24(35-28(23)29(32,33)34)38-16-20-26(36-39-27(20)19-11-12-19)25-21(30)7-6-8-22(25)31;1-2/h5-10,13-14,19H,1,11-12,15-16H2,2-4H3;2H,1H3/b18-10+;. The number of rotatable bonds is 10. The van der Waals surface area contributed by atoms with E-state index in [1.807, 2.05) is 26.0 Å². The molecule has 4 rings (SSSR count). The van der Waals surface area contributed by atoms with Gasteiger partial charge in [-0.15, -0.1) is 0 Å². The molecule has 2 heterocycles. The fourth-order valence-corrected chi connectivity index (χ4v) is 4.62. The molecule has 1 aromatic carbocycles. The number of nitrogens with zero attached hydrogens (tertiary/aromatic N) is 3. The molecule has 1 aliphatic rings. The second-order valence-corrected chi connectivity index (χ2v) is 10.4. The monoisotopic (exact) mass is 609 g/mol. The number of anilines is 1. The van der Waals surface area contributed by atoms with E-state index >= 15 is 0 Å². The molecule has 0 atom stereocenters. The minimum absolute atomic E-state index is 0.0769. The van der Waals surface area contributed by atoms with E-state index in [-0.39, 0.29) is 30.6 Å². The Hall–Kier alpha value is -3.27. The summed E-state index contributed by atoms with van der Waals surface area (Å²) < 4.78 is 53.7. The average Bonchev–Trinajstić information content (AvgIpc) is 3.70. The minimum Gasteiger partial charge on any atom is -0.473 e. The molecule has 0 unspecified atom stereocenters. The van der Waals surface area contributed by atoms with Crippen molar-refractivity contribution in [2.24, 2.45) is 0 Å². The van der Waals surface area contributed by atoms with Gasteiger partial charge in [0.25, 0.3) is 0 Å². The van der Waals surface area contributed by atoms with E-state index in [1.54, 1.807) is 31.3 Å².